The van der Waals surface area contributed by atoms with Crippen molar-refractivity contribution in [1.82, 2.24) is 0 Å². The number of ketones is 3. The Morgan fingerprint density at radius 3 is 2.21 bits per heavy atom. The summed E-state index contributed by atoms with van der Waals surface area (Å²) in [4.78, 5) is 47.1. The molecule has 1 aliphatic rings. The molecule has 5 nitrogen and oxygen atoms in total. The van der Waals surface area contributed by atoms with Crippen molar-refractivity contribution in [2.24, 2.45) is 11.8 Å². The van der Waals surface area contributed by atoms with Crippen molar-refractivity contribution in [2.45, 2.75) is 46.0 Å². The standard InChI is InChI=1S/C14H20O5/c1-3-5-6-10(15)13-11(16)7-9(8-12(13)17)14(18)19-4-2/h9,13H,3-8H2,1-2H3. The fraction of sp³-hybridized carbons (Fsp3) is 0.714. The molecular formula is C14H20O5. The van der Waals surface area contributed by atoms with Gasteiger partial charge >= 0.3 is 5.97 Å². The number of rotatable bonds is 6. The van der Waals surface area contributed by atoms with E-state index in [0.717, 1.165) is 6.42 Å². The molecule has 19 heavy (non-hydrogen) atoms. The van der Waals surface area contributed by atoms with Crippen molar-refractivity contribution in [1.29, 1.82) is 0 Å². The Bertz CT molecular complexity index is 367. The van der Waals surface area contributed by atoms with Crippen molar-refractivity contribution in [3.05, 3.63) is 0 Å². The molecule has 0 aromatic heterocycles. The van der Waals surface area contributed by atoms with E-state index < -0.39 is 29.4 Å². The number of Topliss-reactive ketones (excluding diaryl/α,β-unsaturated/α-hetero) is 3. The third-order valence-electron chi connectivity index (χ3n) is 3.26. The quantitative estimate of drug-likeness (QED) is 0.538. The molecular weight excluding hydrogens is 248 g/mol. The number of esters is 1. The van der Waals surface area contributed by atoms with E-state index in [0.29, 0.717) is 6.42 Å². The highest BCUT2D eigenvalue weighted by Gasteiger charge is 2.42. The summed E-state index contributed by atoms with van der Waals surface area (Å²) < 4.78 is 4.81. The fourth-order valence-electron chi connectivity index (χ4n) is 2.25. The summed E-state index contributed by atoms with van der Waals surface area (Å²) in [6.45, 7) is 3.83. The van der Waals surface area contributed by atoms with Crippen LogP contribution in [0.3, 0.4) is 0 Å². The fourth-order valence-corrected chi connectivity index (χ4v) is 2.25. The van der Waals surface area contributed by atoms with E-state index in [-0.39, 0.29) is 31.7 Å². The first-order valence-electron chi connectivity index (χ1n) is 6.76. The maximum absolute atomic E-state index is 11.9. The van der Waals surface area contributed by atoms with E-state index in [1.54, 1.807) is 6.92 Å². The van der Waals surface area contributed by atoms with Crippen LogP contribution in [0.4, 0.5) is 0 Å². The first-order valence-corrected chi connectivity index (χ1v) is 6.76. The van der Waals surface area contributed by atoms with Gasteiger partial charge in [-0.3, -0.25) is 19.2 Å². The van der Waals surface area contributed by atoms with Gasteiger partial charge in [0.25, 0.3) is 0 Å². The lowest BCUT2D eigenvalue weighted by atomic mass is 9.77. The van der Waals surface area contributed by atoms with E-state index in [2.05, 4.69) is 0 Å². The van der Waals surface area contributed by atoms with Crippen molar-refractivity contribution in [3.8, 4) is 0 Å². The largest absolute Gasteiger partial charge is 0.466 e. The molecule has 0 radical (unpaired) electrons. The van der Waals surface area contributed by atoms with Crippen LogP contribution in [0.15, 0.2) is 0 Å². The Morgan fingerprint density at radius 1 is 1.16 bits per heavy atom. The van der Waals surface area contributed by atoms with Gasteiger partial charge in [-0.15, -0.1) is 0 Å². The van der Waals surface area contributed by atoms with Gasteiger partial charge in [0.1, 0.15) is 5.92 Å². The van der Waals surface area contributed by atoms with Crippen LogP contribution in [-0.4, -0.2) is 29.9 Å². The van der Waals surface area contributed by atoms with E-state index >= 15 is 0 Å². The zero-order valence-electron chi connectivity index (χ0n) is 11.4. The number of carbonyl (C=O) groups excluding carboxylic acids is 4. The zero-order valence-corrected chi connectivity index (χ0v) is 11.4. The molecule has 1 saturated carbocycles. The molecule has 1 fully saturated rings. The maximum Gasteiger partial charge on any atom is 0.309 e. The minimum Gasteiger partial charge on any atom is -0.466 e. The van der Waals surface area contributed by atoms with E-state index in [1.807, 2.05) is 6.92 Å². The Labute approximate surface area is 112 Å². The maximum atomic E-state index is 11.9. The van der Waals surface area contributed by atoms with Crippen molar-refractivity contribution in [3.63, 3.8) is 0 Å². The summed E-state index contributed by atoms with van der Waals surface area (Å²) in [5.74, 6) is -3.55. The molecule has 0 saturated heterocycles. The van der Waals surface area contributed by atoms with Gasteiger partial charge < -0.3 is 4.74 Å². The molecule has 0 aliphatic heterocycles. The molecule has 0 unspecified atom stereocenters. The number of ether oxygens (including phenoxy) is 1. The Morgan fingerprint density at radius 2 is 1.74 bits per heavy atom. The minimum absolute atomic E-state index is 0.0624. The summed E-state index contributed by atoms with van der Waals surface area (Å²) in [6.07, 6.45) is 1.65. The number of hydrogen-bond acceptors (Lipinski definition) is 5. The van der Waals surface area contributed by atoms with E-state index in [4.69, 9.17) is 4.74 Å². The third-order valence-corrected chi connectivity index (χ3v) is 3.26. The van der Waals surface area contributed by atoms with Crippen LogP contribution < -0.4 is 0 Å². The third kappa shape index (κ3) is 3.98. The lowest BCUT2D eigenvalue weighted by Gasteiger charge is -2.24. The first kappa shape index (κ1) is 15.5. The van der Waals surface area contributed by atoms with Gasteiger partial charge in [-0.2, -0.15) is 0 Å². The SMILES string of the molecule is CCCCC(=O)C1C(=O)CC(C(=O)OCC)CC1=O. The summed E-state index contributed by atoms with van der Waals surface area (Å²) in [5.41, 5.74) is 0. The lowest BCUT2D eigenvalue weighted by molar-refractivity contribution is -0.156. The monoisotopic (exact) mass is 268 g/mol. The Balaban J connectivity index is 2.67. The van der Waals surface area contributed by atoms with Crippen LogP contribution in [-0.2, 0) is 23.9 Å². The molecule has 5 heteroatoms. The highest BCUT2D eigenvalue weighted by atomic mass is 16.5. The highest BCUT2D eigenvalue weighted by Crippen LogP contribution is 2.26. The normalized spacial score (nSPS) is 23.3. The van der Waals surface area contributed by atoms with Gasteiger partial charge in [0.2, 0.25) is 0 Å². The van der Waals surface area contributed by atoms with Gasteiger partial charge in [0, 0.05) is 19.3 Å². The second-order valence-corrected chi connectivity index (χ2v) is 4.79. The lowest BCUT2D eigenvalue weighted by Crippen LogP contribution is -2.41. The van der Waals surface area contributed by atoms with Gasteiger partial charge in [-0.05, 0) is 13.3 Å². The van der Waals surface area contributed by atoms with Crippen LogP contribution in [0.1, 0.15) is 46.0 Å². The topological polar surface area (TPSA) is 77.5 Å². The molecule has 0 heterocycles. The Kier molecular flexibility index (Phi) is 5.86. The molecule has 0 aromatic carbocycles. The van der Waals surface area contributed by atoms with Gasteiger partial charge in [0.05, 0.1) is 12.5 Å². The predicted octanol–water partition coefficient (Wildman–Crippen LogP) is 1.47. The van der Waals surface area contributed by atoms with Crippen LogP contribution in [0.25, 0.3) is 0 Å². The van der Waals surface area contributed by atoms with Crippen molar-refractivity contribution >= 4 is 23.3 Å². The Hall–Kier alpha value is -1.52. The van der Waals surface area contributed by atoms with Crippen LogP contribution in [0.5, 0.6) is 0 Å². The molecule has 0 atom stereocenters. The average Bonchev–Trinajstić information content (AvgIpc) is 2.35. The number of unbranched alkanes of at least 4 members (excludes halogenated alkanes) is 1. The summed E-state index contributed by atoms with van der Waals surface area (Å²) in [6, 6.07) is 0. The molecule has 106 valence electrons. The molecule has 0 bridgehead atoms. The molecule has 0 amide bonds. The van der Waals surface area contributed by atoms with Gasteiger partial charge in [-0.1, -0.05) is 13.3 Å². The van der Waals surface area contributed by atoms with Crippen LogP contribution in [0, 0.1) is 11.8 Å². The van der Waals surface area contributed by atoms with E-state index in [9.17, 15) is 19.2 Å². The average molecular weight is 268 g/mol. The van der Waals surface area contributed by atoms with Gasteiger partial charge in [0.15, 0.2) is 17.3 Å². The molecule has 1 rings (SSSR count). The first-order chi connectivity index (χ1) is 9.01. The summed E-state index contributed by atoms with van der Waals surface area (Å²) >= 11 is 0. The summed E-state index contributed by atoms with van der Waals surface area (Å²) in [7, 11) is 0. The zero-order chi connectivity index (χ0) is 14.4. The van der Waals surface area contributed by atoms with Crippen LogP contribution in [0.2, 0.25) is 0 Å². The molecule has 0 aromatic rings. The molecule has 0 spiro atoms. The van der Waals surface area contributed by atoms with Crippen molar-refractivity contribution < 1.29 is 23.9 Å². The van der Waals surface area contributed by atoms with Crippen LogP contribution >= 0.6 is 0 Å². The molecule has 0 N–H and O–H groups in total. The smallest absolute Gasteiger partial charge is 0.309 e. The number of carbonyl (C=O) groups is 4. The predicted molar refractivity (Wildman–Crippen MR) is 67.4 cm³/mol. The second-order valence-electron chi connectivity index (χ2n) is 4.79. The van der Waals surface area contributed by atoms with Gasteiger partial charge in [-0.25, -0.2) is 0 Å². The van der Waals surface area contributed by atoms with E-state index in [1.165, 1.54) is 0 Å². The second kappa shape index (κ2) is 7.16. The summed E-state index contributed by atoms with van der Waals surface area (Å²) in [5, 5.41) is 0. The number of hydrogen-bond donors (Lipinski definition) is 0. The van der Waals surface area contributed by atoms with Crippen molar-refractivity contribution in [2.75, 3.05) is 6.61 Å². The highest BCUT2D eigenvalue weighted by molar-refractivity contribution is 6.21. The molecule has 1 aliphatic carbocycles. The minimum atomic E-state index is -1.14.